The van der Waals surface area contributed by atoms with Crippen molar-refractivity contribution in [2.45, 2.75) is 30.3 Å². The minimum absolute atomic E-state index is 0.141. The van der Waals surface area contributed by atoms with Crippen LogP contribution in [-0.2, 0) is 35.2 Å². The molecule has 1 N–H and O–H groups in total. The monoisotopic (exact) mass is 361 g/mol. The van der Waals surface area contributed by atoms with Gasteiger partial charge in [0.15, 0.2) is 0 Å². The number of carbonyl (C=O) groups is 1. The van der Waals surface area contributed by atoms with Crippen LogP contribution in [0.15, 0.2) is 0 Å². The number of hydrogen-bond acceptors (Lipinski definition) is 7. The summed E-state index contributed by atoms with van der Waals surface area (Å²) < 4.78 is 86.5. The third-order valence-corrected chi connectivity index (χ3v) is 5.89. The largest absolute Gasteiger partial charge is 0.750 e. The second-order valence-corrected chi connectivity index (χ2v) is 7.82. The highest BCUT2D eigenvalue weighted by Gasteiger charge is 2.68. The Morgan fingerprint density at radius 2 is 1.68 bits per heavy atom. The zero-order chi connectivity index (χ0) is 16.4. The van der Waals surface area contributed by atoms with Crippen LogP contribution in [0, 0.1) is 23.7 Å². The van der Waals surface area contributed by atoms with Crippen LogP contribution in [0.3, 0.4) is 0 Å². The van der Waals surface area contributed by atoms with Gasteiger partial charge >= 0.3 is 21.3 Å². The van der Waals surface area contributed by atoms with Crippen LogP contribution in [0.25, 0.3) is 0 Å². The van der Waals surface area contributed by atoms with Gasteiger partial charge in [0.25, 0.3) is 0 Å². The van der Waals surface area contributed by atoms with Crippen molar-refractivity contribution >= 4 is 27.4 Å². The molecule has 0 radical (unpaired) electrons. The molecular weight excluding hydrogens is 350 g/mol. The molecule has 3 saturated carbocycles. The van der Waals surface area contributed by atoms with E-state index in [4.69, 9.17) is 4.55 Å². The van der Waals surface area contributed by atoms with E-state index < -0.39 is 44.9 Å². The molecule has 3 rings (SSSR count). The van der Waals surface area contributed by atoms with E-state index in [1.165, 1.54) is 0 Å². The predicted octanol–water partition coefficient (Wildman–Crippen LogP) is -0.156. The summed E-state index contributed by atoms with van der Waals surface area (Å²) in [6.07, 6.45) is -1.14. The number of hydrogen-bond donors (Lipinski definition) is 1. The van der Waals surface area contributed by atoms with Crippen LogP contribution in [0.1, 0.15) is 12.8 Å². The minimum Gasteiger partial charge on any atom is -0.750 e. The first kappa shape index (κ1) is 16.2. The fourth-order valence-electron chi connectivity index (χ4n) is 3.80. The molecule has 0 saturated heterocycles. The minimum atomic E-state index is -5.97. The molecule has 0 aromatic rings. The molecule has 22 heavy (non-hydrogen) atoms. The summed E-state index contributed by atoms with van der Waals surface area (Å²) in [7, 11) is -5.97. The SMILES string of the molecule is O=C(OC1C2CC(C3CC32)C1OS(=O)[O-])C(F)(F)S(=O)(=O)O. The lowest BCUT2D eigenvalue weighted by Gasteiger charge is -2.31. The molecule has 0 aliphatic heterocycles. The van der Waals surface area contributed by atoms with E-state index in [1.807, 2.05) is 0 Å². The molecule has 12 heteroatoms. The highest BCUT2D eigenvalue weighted by Crippen LogP contribution is 2.67. The number of fused-ring (bicyclic) bond motifs is 5. The van der Waals surface area contributed by atoms with Crippen molar-refractivity contribution in [3.8, 4) is 0 Å². The van der Waals surface area contributed by atoms with Crippen LogP contribution in [-0.4, -0.2) is 45.2 Å². The third-order valence-electron chi connectivity index (χ3n) is 4.70. The van der Waals surface area contributed by atoms with E-state index in [0.717, 1.165) is 6.42 Å². The summed E-state index contributed by atoms with van der Waals surface area (Å²) in [5.41, 5.74) is 0. The molecule has 0 aromatic heterocycles. The van der Waals surface area contributed by atoms with Crippen LogP contribution < -0.4 is 0 Å². The van der Waals surface area contributed by atoms with Crippen LogP contribution >= 0.6 is 0 Å². The first-order valence-corrected chi connectivity index (χ1v) is 8.80. The van der Waals surface area contributed by atoms with Crippen molar-refractivity contribution in [3.63, 3.8) is 0 Å². The van der Waals surface area contributed by atoms with Crippen molar-refractivity contribution < 1.29 is 44.2 Å². The van der Waals surface area contributed by atoms with Crippen molar-refractivity contribution in [3.05, 3.63) is 0 Å². The van der Waals surface area contributed by atoms with Crippen LogP contribution in [0.2, 0.25) is 0 Å². The Kier molecular flexibility index (Phi) is 3.60. The molecule has 0 aromatic carbocycles. The number of halogens is 2. The summed E-state index contributed by atoms with van der Waals surface area (Å²) >= 11 is -2.92. The topological polar surface area (TPSA) is 130 Å². The van der Waals surface area contributed by atoms with Crippen LogP contribution in [0.5, 0.6) is 0 Å². The van der Waals surface area contributed by atoms with Gasteiger partial charge in [-0.2, -0.15) is 17.2 Å². The van der Waals surface area contributed by atoms with Crippen molar-refractivity contribution in [2.75, 3.05) is 0 Å². The average molecular weight is 361 g/mol. The first-order chi connectivity index (χ1) is 10.0. The summed E-state index contributed by atoms with van der Waals surface area (Å²) in [5.74, 6) is -2.65. The number of ether oxygens (including phenoxy) is 1. The smallest absolute Gasteiger partial charge is 0.465 e. The quantitative estimate of drug-likeness (QED) is 0.406. The first-order valence-electron chi connectivity index (χ1n) is 6.36. The number of esters is 1. The maximum absolute atomic E-state index is 13.2. The fourth-order valence-corrected chi connectivity index (χ4v) is 4.49. The normalized spacial score (nSPS) is 41.1. The Hall–Kier alpha value is -0.690. The highest BCUT2D eigenvalue weighted by atomic mass is 32.2. The highest BCUT2D eigenvalue weighted by molar-refractivity contribution is 7.87. The van der Waals surface area contributed by atoms with Crippen LogP contribution in [0.4, 0.5) is 8.78 Å². The lowest BCUT2D eigenvalue weighted by atomic mass is 9.95. The predicted molar refractivity (Wildman–Crippen MR) is 63.4 cm³/mol. The Bertz CT molecular complexity index is 635. The standard InChI is InChI=1S/C10H12F2O8S2/c11-10(12,22(16,17)18)9(13)19-7-5-2-6(4-1-3(4)5)8(7)20-21(14)15/h3-8H,1-2H2,(H,14,15)(H,16,17,18)/p-1. The zero-order valence-corrected chi connectivity index (χ0v) is 12.4. The van der Waals surface area contributed by atoms with Crippen molar-refractivity contribution in [2.24, 2.45) is 23.7 Å². The van der Waals surface area contributed by atoms with Gasteiger partial charge < -0.3 is 9.29 Å². The van der Waals surface area contributed by atoms with Gasteiger partial charge in [-0.3, -0.25) is 8.74 Å². The lowest BCUT2D eigenvalue weighted by Crippen LogP contribution is -2.46. The van der Waals surface area contributed by atoms with E-state index in [0.29, 0.717) is 6.42 Å². The lowest BCUT2D eigenvalue weighted by molar-refractivity contribution is -0.175. The Labute approximate surface area is 126 Å². The second-order valence-electron chi connectivity index (χ2n) is 5.75. The molecule has 0 spiro atoms. The molecule has 3 aliphatic carbocycles. The molecule has 0 heterocycles. The van der Waals surface area contributed by atoms with Crippen molar-refractivity contribution in [1.82, 2.24) is 0 Å². The van der Waals surface area contributed by atoms with Gasteiger partial charge in [0.05, 0.1) is 11.4 Å². The van der Waals surface area contributed by atoms with Gasteiger partial charge in [-0.1, -0.05) is 0 Å². The zero-order valence-electron chi connectivity index (χ0n) is 10.8. The molecule has 8 nitrogen and oxygen atoms in total. The Balaban J connectivity index is 1.78. The van der Waals surface area contributed by atoms with Gasteiger partial charge in [-0.15, -0.1) is 0 Å². The van der Waals surface area contributed by atoms with Gasteiger partial charge in [-0.25, -0.2) is 9.00 Å². The summed E-state index contributed by atoms with van der Waals surface area (Å²) in [6, 6.07) is 0. The molecular formula is C10H11F2O8S2-. The second kappa shape index (κ2) is 4.90. The molecule has 7 unspecified atom stereocenters. The van der Waals surface area contributed by atoms with E-state index in [1.54, 1.807) is 0 Å². The third kappa shape index (κ3) is 2.37. The van der Waals surface area contributed by atoms with Gasteiger partial charge in [0.2, 0.25) is 0 Å². The molecule has 3 fully saturated rings. The maximum atomic E-state index is 13.2. The maximum Gasteiger partial charge on any atom is 0.465 e. The molecule has 126 valence electrons. The van der Waals surface area contributed by atoms with Gasteiger partial charge in [0.1, 0.15) is 12.2 Å². The molecule has 0 amide bonds. The number of rotatable bonds is 5. The number of carbonyl (C=O) groups excluding carboxylic acids is 1. The molecule has 2 bridgehead atoms. The van der Waals surface area contributed by atoms with E-state index >= 15 is 0 Å². The molecule has 3 aliphatic rings. The molecule has 7 atom stereocenters. The van der Waals surface area contributed by atoms with Gasteiger partial charge in [-0.05, 0) is 30.6 Å². The fraction of sp³-hybridized carbons (Fsp3) is 0.900. The summed E-state index contributed by atoms with van der Waals surface area (Å²) in [4.78, 5) is 11.4. The Morgan fingerprint density at radius 1 is 1.18 bits per heavy atom. The van der Waals surface area contributed by atoms with E-state index in [2.05, 4.69) is 8.92 Å². The Morgan fingerprint density at radius 3 is 2.18 bits per heavy atom. The van der Waals surface area contributed by atoms with E-state index in [-0.39, 0.29) is 23.7 Å². The number of alkyl halides is 2. The summed E-state index contributed by atoms with van der Waals surface area (Å²) in [6.45, 7) is 0. The van der Waals surface area contributed by atoms with E-state index in [9.17, 15) is 30.8 Å². The van der Waals surface area contributed by atoms with Crippen molar-refractivity contribution in [1.29, 1.82) is 0 Å². The summed E-state index contributed by atoms with van der Waals surface area (Å²) in [5, 5.41) is -5.11. The van der Waals surface area contributed by atoms with Gasteiger partial charge in [0, 0.05) is 5.92 Å². The average Bonchev–Trinajstić information content (AvgIpc) is 3.00.